The van der Waals surface area contributed by atoms with E-state index in [9.17, 15) is 14.4 Å². The molecule has 0 fully saturated rings. The number of carbonyl (C=O) groups excluding carboxylic acids is 2. The predicted molar refractivity (Wildman–Crippen MR) is 97.4 cm³/mol. The van der Waals surface area contributed by atoms with Gasteiger partial charge in [-0.3, -0.25) is 4.79 Å². The third kappa shape index (κ3) is 4.83. The van der Waals surface area contributed by atoms with E-state index in [1.165, 1.54) is 36.4 Å². The molecule has 0 aliphatic heterocycles. The molecule has 7 nitrogen and oxygen atoms in total. The molecule has 0 bridgehead atoms. The molecule has 0 radical (unpaired) electrons. The maximum Gasteiger partial charge on any atom is 0.340 e. The zero-order valence-electron chi connectivity index (χ0n) is 14.3. The number of aromatic carboxylic acids is 1. The number of ether oxygens (including phenoxy) is 1. The van der Waals surface area contributed by atoms with Crippen LogP contribution in [0.25, 0.3) is 0 Å². The smallest absolute Gasteiger partial charge is 0.340 e. The molecular weight excluding hydrogens is 336 g/mol. The molecule has 2 aromatic rings. The Balaban J connectivity index is 2.19. The number of unbranched alkanes of at least 4 members (excludes halogenated alkanes) is 1. The number of amides is 1. The van der Waals surface area contributed by atoms with Crippen molar-refractivity contribution in [3.63, 3.8) is 0 Å². The summed E-state index contributed by atoms with van der Waals surface area (Å²) in [7, 11) is 0. The van der Waals surface area contributed by atoms with Crippen molar-refractivity contribution in [3.05, 3.63) is 59.2 Å². The Morgan fingerprint density at radius 1 is 1.08 bits per heavy atom. The van der Waals surface area contributed by atoms with Crippen LogP contribution in [0.4, 0.5) is 11.4 Å². The Kier molecular flexibility index (Phi) is 6.32. The molecule has 0 aliphatic rings. The van der Waals surface area contributed by atoms with Crippen molar-refractivity contribution in [1.29, 1.82) is 0 Å². The molecular formula is C19H20N2O5. The number of nitrogens with one attached hydrogen (secondary N) is 1. The van der Waals surface area contributed by atoms with Gasteiger partial charge in [0.2, 0.25) is 0 Å². The van der Waals surface area contributed by atoms with Gasteiger partial charge in [-0.15, -0.1) is 0 Å². The van der Waals surface area contributed by atoms with E-state index in [1.807, 2.05) is 6.92 Å². The van der Waals surface area contributed by atoms with Gasteiger partial charge in [0.1, 0.15) is 0 Å². The van der Waals surface area contributed by atoms with Crippen LogP contribution in [0, 0.1) is 0 Å². The van der Waals surface area contributed by atoms with Gasteiger partial charge in [0, 0.05) is 11.3 Å². The molecule has 1 amide bonds. The Morgan fingerprint density at radius 2 is 1.73 bits per heavy atom. The number of carboxylic acids is 1. The molecule has 0 heterocycles. The second kappa shape index (κ2) is 8.66. The number of hydrogen-bond donors (Lipinski definition) is 3. The molecule has 0 saturated carbocycles. The van der Waals surface area contributed by atoms with Crippen molar-refractivity contribution in [2.24, 2.45) is 0 Å². The van der Waals surface area contributed by atoms with E-state index in [0.717, 1.165) is 12.8 Å². The van der Waals surface area contributed by atoms with E-state index in [0.29, 0.717) is 12.3 Å². The van der Waals surface area contributed by atoms with Crippen LogP contribution in [0.15, 0.2) is 42.5 Å². The third-order valence-electron chi connectivity index (χ3n) is 3.64. The van der Waals surface area contributed by atoms with E-state index in [2.05, 4.69) is 5.32 Å². The van der Waals surface area contributed by atoms with Gasteiger partial charge >= 0.3 is 11.9 Å². The van der Waals surface area contributed by atoms with Crippen LogP contribution in [0.3, 0.4) is 0 Å². The maximum atomic E-state index is 12.4. The summed E-state index contributed by atoms with van der Waals surface area (Å²) < 4.78 is 5.18. The zero-order valence-corrected chi connectivity index (χ0v) is 14.3. The van der Waals surface area contributed by atoms with E-state index >= 15 is 0 Å². The number of carbonyl (C=O) groups is 3. The quantitative estimate of drug-likeness (QED) is 0.398. The number of carboxylic acid groups (broad SMARTS) is 1. The largest absolute Gasteiger partial charge is 0.478 e. The number of benzene rings is 2. The lowest BCUT2D eigenvalue weighted by Crippen LogP contribution is -2.16. The Labute approximate surface area is 150 Å². The van der Waals surface area contributed by atoms with Gasteiger partial charge in [-0.2, -0.15) is 0 Å². The van der Waals surface area contributed by atoms with Crippen molar-refractivity contribution < 1.29 is 24.2 Å². The molecule has 0 aromatic heterocycles. The van der Waals surface area contributed by atoms with Gasteiger partial charge < -0.3 is 20.9 Å². The van der Waals surface area contributed by atoms with Gasteiger partial charge in [-0.05, 0) is 48.9 Å². The second-order valence-electron chi connectivity index (χ2n) is 5.63. The Hall–Kier alpha value is -3.35. The lowest BCUT2D eigenvalue weighted by Gasteiger charge is -2.12. The Morgan fingerprint density at radius 3 is 2.35 bits per heavy atom. The first-order chi connectivity index (χ1) is 12.4. The summed E-state index contributed by atoms with van der Waals surface area (Å²) in [6.07, 6.45) is 1.64. The number of anilines is 2. The molecule has 7 heteroatoms. The highest BCUT2D eigenvalue weighted by molar-refractivity contribution is 6.08. The first-order valence-electron chi connectivity index (χ1n) is 8.13. The number of rotatable bonds is 7. The van der Waals surface area contributed by atoms with Crippen LogP contribution >= 0.6 is 0 Å². The maximum absolute atomic E-state index is 12.4. The SMILES string of the molecule is CCCCOC(=O)c1ccc(N)cc1NC(=O)c1ccc(C(=O)O)cc1. The summed E-state index contributed by atoms with van der Waals surface area (Å²) in [5, 5.41) is 11.5. The second-order valence-corrected chi connectivity index (χ2v) is 5.63. The van der Waals surface area contributed by atoms with Gasteiger partial charge in [-0.1, -0.05) is 13.3 Å². The standard InChI is InChI=1S/C19H20N2O5/c1-2-3-10-26-19(25)15-9-8-14(20)11-16(15)21-17(22)12-4-6-13(7-5-12)18(23)24/h4-9,11H,2-3,10,20H2,1H3,(H,21,22)(H,23,24). The molecule has 0 atom stereocenters. The topological polar surface area (TPSA) is 119 Å². The van der Waals surface area contributed by atoms with Crippen LogP contribution in [0.5, 0.6) is 0 Å². The molecule has 26 heavy (non-hydrogen) atoms. The fraction of sp³-hybridized carbons (Fsp3) is 0.211. The molecule has 2 aromatic carbocycles. The summed E-state index contributed by atoms with van der Waals surface area (Å²) in [5.41, 5.74) is 6.89. The van der Waals surface area contributed by atoms with Crippen LogP contribution in [-0.4, -0.2) is 29.6 Å². The zero-order chi connectivity index (χ0) is 19.1. The van der Waals surface area contributed by atoms with Crippen LogP contribution in [0.2, 0.25) is 0 Å². The van der Waals surface area contributed by atoms with Crippen molar-refractivity contribution >= 4 is 29.2 Å². The van der Waals surface area contributed by atoms with Gasteiger partial charge in [-0.25, -0.2) is 9.59 Å². The van der Waals surface area contributed by atoms with Crippen molar-refractivity contribution in [3.8, 4) is 0 Å². The van der Waals surface area contributed by atoms with Crippen molar-refractivity contribution in [2.75, 3.05) is 17.7 Å². The van der Waals surface area contributed by atoms with E-state index in [-0.39, 0.29) is 22.4 Å². The van der Waals surface area contributed by atoms with Crippen LogP contribution < -0.4 is 11.1 Å². The average molecular weight is 356 g/mol. The summed E-state index contributed by atoms with van der Waals surface area (Å²) in [6, 6.07) is 9.96. The molecule has 0 spiro atoms. The summed E-state index contributed by atoms with van der Waals surface area (Å²) in [6.45, 7) is 2.28. The number of nitrogen functional groups attached to an aromatic ring is 1. The minimum absolute atomic E-state index is 0.0747. The molecule has 2 rings (SSSR count). The Bertz CT molecular complexity index is 815. The minimum atomic E-state index is -1.08. The first kappa shape index (κ1) is 19.0. The van der Waals surface area contributed by atoms with Crippen LogP contribution in [-0.2, 0) is 4.74 Å². The molecule has 0 aliphatic carbocycles. The highest BCUT2D eigenvalue weighted by atomic mass is 16.5. The van der Waals surface area contributed by atoms with Gasteiger partial charge in [0.05, 0.1) is 23.4 Å². The van der Waals surface area contributed by atoms with E-state index < -0.39 is 17.8 Å². The van der Waals surface area contributed by atoms with Gasteiger partial charge in [0.15, 0.2) is 0 Å². The van der Waals surface area contributed by atoms with Crippen LogP contribution in [0.1, 0.15) is 50.8 Å². The highest BCUT2D eigenvalue weighted by Gasteiger charge is 2.16. The number of nitrogens with two attached hydrogens (primary N) is 1. The lowest BCUT2D eigenvalue weighted by molar-refractivity contribution is 0.0500. The molecule has 0 unspecified atom stereocenters. The predicted octanol–water partition coefficient (Wildman–Crippen LogP) is 3.18. The molecule has 0 saturated heterocycles. The average Bonchev–Trinajstić information content (AvgIpc) is 2.62. The fourth-order valence-corrected chi connectivity index (χ4v) is 2.19. The fourth-order valence-electron chi connectivity index (χ4n) is 2.19. The molecule has 136 valence electrons. The third-order valence-corrected chi connectivity index (χ3v) is 3.64. The highest BCUT2D eigenvalue weighted by Crippen LogP contribution is 2.21. The van der Waals surface area contributed by atoms with Crippen molar-refractivity contribution in [2.45, 2.75) is 19.8 Å². The van der Waals surface area contributed by atoms with E-state index in [1.54, 1.807) is 6.07 Å². The number of hydrogen-bond acceptors (Lipinski definition) is 5. The lowest BCUT2D eigenvalue weighted by atomic mass is 10.1. The summed E-state index contributed by atoms with van der Waals surface area (Å²) >= 11 is 0. The summed E-state index contributed by atoms with van der Waals surface area (Å²) in [5.74, 6) is -2.12. The summed E-state index contributed by atoms with van der Waals surface area (Å²) in [4.78, 5) is 35.5. The normalized spacial score (nSPS) is 10.2. The first-order valence-corrected chi connectivity index (χ1v) is 8.13. The molecule has 4 N–H and O–H groups in total. The van der Waals surface area contributed by atoms with Crippen molar-refractivity contribution in [1.82, 2.24) is 0 Å². The number of esters is 1. The minimum Gasteiger partial charge on any atom is -0.478 e. The van der Waals surface area contributed by atoms with E-state index in [4.69, 9.17) is 15.6 Å². The monoisotopic (exact) mass is 356 g/mol. The van der Waals surface area contributed by atoms with Gasteiger partial charge in [0.25, 0.3) is 5.91 Å².